The lowest BCUT2D eigenvalue weighted by Crippen LogP contribution is -2.39. The van der Waals surface area contributed by atoms with Gasteiger partial charge >= 0.3 is 0 Å². The van der Waals surface area contributed by atoms with Gasteiger partial charge in [0.2, 0.25) is 0 Å². The topological polar surface area (TPSA) is 27.7 Å². The fourth-order valence-electron chi connectivity index (χ4n) is 4.20. The van der Waals surface area contributed by atoms with Crippen LogP contribution in [0.4, 0.5) is 0 Å². The zero-order valence-corrected chi connectivity index (χ0v) is 13.1. The normalized spacial score (nSPS) is 40.6. The van der Waals surface area contributed by atoms with Crippen LogP contribution in [0.5, 0.6) is 5.75 Å². The van der Waals surface area contributed by atoms with E-state index in [1.807, 2.05) is 12.1 Å². The van der Waals surface area contributed by atoms with Crippen molar-refractivity contribution in [3.63, 3.8) is 0 Å². The maximum Gasteiger partial charge on any atom is 0.125 e. The summed E-state index contributed by atoms with van der Waals surface area (Å²) in [4.78, 5) is 0. The first-order chi connectivity index (χ1) is 10.0. The Morgan fingerprint density at radius 3 is 2.81 bits per heavy atom. The molecule has 3 heteroatoms. The van der Waals surface area contributed by atoms with E-state index < -0.39 is 0 Å². The van der Waals surface area contributed by atoms with Crippen molar-refractivity contribution in [2.45, 2.75) is 63.4 Å². The van der Waals surface area contributed by atoms with Crippen molar-refractivity contribution in [2.24, 2.45) is 5.92 Å². The molecule has 3 nitrogen and oxygen atoms in total. The molecule has 0 aliphatic carbocycles. The van der Waals surface area contributed by atoms with E-state index >= 15 is 0 Å². The molecule has 1 aromatic rings. The van der Waals surface area contributed by atoms with Gasteiger partial charge in [0.1, 0.15) is 18.5 Å². The first kappa shape index (κ1) is 13.6. The van der Waals surface area contributed by atoms with Gasteiger partial charge in [0.15, 0.2) is 0 Å². The lowest BCUT2D eigenvalue weighted by Gasteiger charge is -2.32. The largest absolute Gasteiger partial charge is 0.490 e. The summed E-state index contributed by atoms with van der Waals surface area (Å²) >= 11 is 0. The molecule has 1 unspecified atom stereocenters. The lowest BCUT2D eigenvalue weighted by atomic mass is 9.75. The van der Waals surface area contributed by atoms with E-state index in [1.165, 1.54) is 12.0 Å². The van der Waals surface area contributed by atoms with E-state index in [2.05, 4.69) is 32.9 Å². The summed E-state index contributed by atoms with van der Waals surface area (Å²) in [6.07, 6.45) is 3.51. The van der Waals surface area contributed by atoms with E-state index in [4.69, 9.17) is 14.2 Å². The highest BCUT2D eigenvalue weighted by Gasteiger charge is 2.61. The molecular formula is C18H24O3. The van der Waals surface area contributed by atoms with E-state index in [1.54, 1.807) is 0 Å². The summed E-state index contributed by atoms with van der Waals surface area (Å²) < 4.78 is 18.7. The highest BCUT2D eigenvalue weighted by molar-refractivity contribution is 5.38. The predicted molar refractivity (Wildman–Crippen MR) is 80.5 cm³/mol. The van der Waals surface area contributed by atoms with Gasteiger partial charge in [-0.2, -0.15) is 0 Å². The number of benzene rings is 1. The Labute approximate surface area is 126 Å². The SMILES string of the molecule is CC(C)[C@@]12CC[C@@](C)(O1)[C@@H](OC1COc3ccccc31)C2. The maximum absolute atomic E-state index is 6.46. The molecule has 4 atom stereocenters. The molecule has 0 spiro atoms. The van der Waals surface area contributed by atoms with Crippen LogP contribution in [0.1, 0.15) is 51.7 Å². The molecule has 114 valence electrons. The molecule has 4 rings (SSSR count). The van der Waals surface area contributed by atoms with Gasteiger partial charge in [0.05, 0.1) is 17.3 Å². The maximum atomic E-state index is 6.46. The first-order valence-corrected chi connectivity index (χ1v) is 8.10. The minimum atomic E-state index is -0.123. The van der Waals surface area contributed by atoms with E-state index in [0.717, 1.165) is 18.6 Å². The van der Waals surface area contributed by atoms with E-state index in [-0.39, 0.29) is 23.4 Å². The van der Waals surface area contributed by atoms with Crippen LogP contribution in [-0.4, -0.2) is 23.9 Å². The second-order valence-corrected chi connectivity index (χ2v) is 7.30. The van der Waals surface area contributed by atoms with Crippen LogP contribution in [0, 0.1) is 5.92 Å². The standard InChI is InChI=1S/C18H24O3/c1-12(2)18-9-8-17(3,21-18)16(10-18)20-15-11-19-14-7-5-4-6-13(14)15/h4-7,12,15-16H,8-11H2,1-3H3/t15?,16-,17+,18-/m0/s1. The fraction of sp³-hybridized carbons (Fsp3) is 0.667. The average molecular weight is 288 g/mol. The number of ether oxygens (including phenoxy) is 3. The van der Waals surface area contributed by atoms with Crippen molar-refractivity contribution in [1.82, 2.24) is 0 Å². The first-order valence-electron chi connectivity index (χ1n) is 8.10. The molecule has 3 aliphatic rings. The van der Waals surface area contributed by atoms with Gasteiger partial charge in [-0.25, -0.2) is 0 Å². The second kappa shape index (κ2) is 4.47. The molecule has 2 fully saturated rings. The van der Waals surface area contributed by atoms with Gasteiger partial charge in [-0.15, -0.1) is 0 Å². The second-order valence-electron chi connectivity index (χ2n) is 7.30. The molecule has 1 aromatic carbocycles. The van der Waals surface area contributed by atoms with Crippen LogP contribution < -0.4 is 4.74 Å². The van der Waals surface area contributed by atoms with Crippen LogP contribution in [0.3, 0.4) is 0 Å². The smallest absolute Gasteiger partial charge is 0.125 e. The molecule has 0 radical (unpaired) electrons. The highest BCUT2D eigenvalue weighted by atomic mass is 16.6. The highest BCUT2D eigenvalue weighted by Crippen LogP contribution is 2.56. The van der Waals surface area contributed by atoms with Crippen molar-refractivity contribution in [3.8, 4) is 5.75 Å². The Hall–Kier alpha value is -1.06. The van der Waals surface area contributed by atoms with Crippen LogP contribution in [0.15, 0.2) is 24.3 Å². The Balaban J connectivity index is 1.55. The van der Waals surface area contributed by atoms with Crippen LogP contribution >= 0.6 is 0 Å². The Kier molecular flexibility index (Phi) is 2.89. The molecule has 3 aliphatic heterocycles. The molecule has 0 N–H and O–H groups in total. The summed E-state index contributed by atoms with van der Waals surface area (Å²) in [5.74, 6) is 1.51. The summed E-state index contributed by atoms with van der Waals surface area (Å²) in [6, 6.07) is 8.20. The van der Waals surface area contributed by atoms with Gasteiger partial charge < -0.3 is 14.2 Å². The van der Waals surface area contributed by atoms with Crippen molar-refractivity contribution >= 4 is 0 Å². The van der Waals surface area contributed by atoms with E-state index in [0.29, 0.717) is 12.5 Å². The molecule has 21 heavy (non-hydrogen) atoms. The van der Waals surface area contributed by atoms with Gasteiger partial charge in [-0.3, -0.25) is 0 Å². The Morgan fingerprint density at radius 2 is 2.05 bits per heavy atom. The zero-order chi connectivity index (χ0) is 14.7. The summed E-state index contributed by atoms with van der Waals surface area (Å²) in [5.41, 5.74) is 1.09. The number of para-hydroxylation sites is 1. The lowest BCUT2D eigenvalue weighted by molar-refractivity contribution is -0.112. The predicted octanol–water partition coefficient (Wildman–Crippen LogP) is 3.87. The Bertz CT molecular complexity index is 555. The summed E-state index contributed by atoms with van der Waals surface area (Å²) in [6.45, 7) is 7.38. The Morgan fingerprint density at radius 1 is 1.24 bits per heavy atom. The quantitative estimate of drug-likeness (QED) is 0.845. The van der Waals surface area contributed by atoms with Crippen LogP contribution in [0.25, 0.3) is 0 Å². The van der Waals surface area contributed by atoms with Crippen molar-refractivity contribution in [1.29, 1.82) is 0 Å². The average Bonchev–Trinajstić information content (AvgIpc) is 3.10. The van der Waals surface area contributed by atoms with Crippen molar-refractivity contribution < 1.29 is 14.2 Å². The molecule has 0 aromatic heterocycles. The van der Waals surface area contributed by atoms with Crippen LogP contribution in [0.2, 0.25) is 0 Å². The van der Waals surface area contributed by atoms with Gasteiger partial charge in [0, 0.05) is 12.0 Å². The molecule has 3 heterocycles. The van der Waals surface area contributed by atoms with E-state index in [9.17, 15) is 0 Å². The molecule has 2 bridgehead atoms. The third kappa shape index (κ3) is 1.94. The third-order valence-electron chi connectivity index (χ3n) is 5.73. The number of hydrogen-bond donors (Lipinski definition) is 0. The summed E-state index contributed by atoms with van der Waals surface area (Å²) in [5, 5.41) is 0. The van der Waals surface area contributed by atoms with Crippen molar-refractivity contribution in [2.75, 3.05) is 6.61 Å². The van der Waals surface area contributed by atoms with Gasteiger partial charge in [0.25, 0.3) is 0 Å². The van der Waals surface area contributed by atoms with Crippen molar-refractivity contribution in [3.05, 3.63) is 29.8 Å². The monoisotopic (exact) mass is 288 g/mol. The molecule has 0 saturated carbocycles. The number of rotatable bonds is 3. The fourth-order valence-corrected chi connectivity index (χ4v) is 4.20. The number of hydrogen-bond acceptors (Lipinski definition) is 3. The van der Waals surface area contributed by atoms with Crippen LogP contribution in [-0.2, 0) is 9.47 Å². The molecule has 0 amide bonds. The molecule has 2 saturated heterocycles. The minimum absolute atomic E-state index is 0.0262. The third-order valence-corrected chi connectivity index (χ3v) is 5.73. The number of fused-ring (bicyclic) bond motifs is 3. The minimum Gasteiger partial charge on any atom is -0.490 e. The van der Waals surface area contributed by atoms with Gasteiger partial charge in [-0.05, 0) is 31.7 Å². The zero-order valence-electron chi connectivity index (χ0n) is 13.1. The summed E-state index contributed by atoms with van der Waals surface area (Å²) in [7, 11) is 0. The molecular weight excluding hydrogens is 264 g/mol. The van der Waals surface area contributed by atoms with Gasteiger partial charge in [-0.1, -0.05) is 32.0 Å².